The zero-order chi connectivity index (χ0) is 20.5. The van der Waals surface area contributed by atoms with Gasteiger partial charge in [0.05, 0.1) is 11.4 Å². The normalized spacial score (nSPS) is 18.6. The highest BCUT2D eigenvalue weighted by atomic mass is 32.1. The number of anilines is 2. The Hall–Kier alpha value is -3.06. The molecule has 0 aliphatic carbocycles. The SMILES string of the molecule is Cc1ccccc1N1C(=O)/C(=C/c2ccc(N3CCCC3)c(F)c2)C(=O)NC1=S. The monoisotopic (exact) mass is 409 g/mol. The van der Waals surface area contributed by atoms with Gasteiger partial charge in [0.15, 0.2) is 5.11 Å². The molecule has 2 aromatic rings. The molecule has 5 nitrogen and oxygen atoms in total. The van der Waals surface area contributed by atoms with E-state index in [9.17, 15) is 14.0 Å². The predicted molar refractivity (Wildman–Crippen MR) is 115 cm³/mol. The Labute approximate surface area is 173 Å². The summed E-state index contributed by atoms with van der Waals surface area (Å²) in [5.74, 6) is -1.48. The summed E-state index contributed by atoms with van der Waals surface area (Å²) in [5, 5.41) is 2.58. The van der Waals surface area contributed by atoms with E-state index in [-0.39, 0.29) is 16.5 Å². The van der Waals surface area contributed by atoms with Crippen molar-refractivity contribution < 1.29 is 14.0 Å². The van der Waals surface area contributed by atoms with Crippen LogP contribution in [0, 0.1) is 12.7 Å². The molecule has 2 aliphatic heterocycles. The number of nitrogens with zero attached hydrogens (tertiary/aromatic N) is 2. The number of aryl methyl sites for hydroxylation is 1. The number of rotatable bonds is 3. The lowest BCUT2D eigenvalue weighted by molar-refractivity contribution is -0.122. The number of hydrogen-bond acceptors (Lipinski definition) is 4. The van der Waals surface area contributed by atoms with E-state index in [4.69, 9.17) is 12.2 Å². The summed E-state index contributed by atoms with van der Waals surface area (Å²) in [6.45, 7) is 3.53. The highest BCUT2D eigenvalue weighted by Gasteiger charge is 2.35. The minimum absolute atomic E-state index is 0.0296. The van der Waals surface area contributed by atoms with Crippen LogP contribution < -0.4 is 15.1 Å². The zero-order valence-electron chi connectivity index (χ0n) is 15.9. The van der Waals surface area contributed by atoms with Crippen molar-refractivity contribution in [1.29, 1.82) is 0 Å². The quantitative estimate of drug-likeness (QED) is 0.478. The second kappa shape index (κ2) is 7.75. The number of hydrogen-bond donors (Lipinski definition) is 1. The average molecular weight is 409 g/mol. The smallest absolute Gasteiger partial charge is 0.270 e. The van der Waals surface area contributed by atoms with E-state index in [0.717, 1.165) is 31.5 Å². The van der Waals surface area contributed by atoms with Gasteiger partial charge >= 0.3 is 0 Å². The van der Waals surface area contributed by atoms with Crippen molar-refractivity contribution in [2.45, 2.75) is 19.8 Å². The van der Waals surface area contributed by atoms with Crippen LogP contribution in [-0.4, -0.2) is 30.0 Å². The zero-order valence-corrected chi connectivity index (χ0v) is 16.8. The summed E-state index contributed by atoms with van der Waals surface area (Å²) >= 11 is 5.22. The third kappa shape index (κ3) is 3.65. The van der Waals surface area contributed by atoms with E-state index >= 15 is 0 Å². The van der Waals surface area contributed by atoms with Crippen LogP contribution >= 0.6 is 12.2 Å². The summed E-state index contributed by atoms with van der Waals surface area (Å²) in [6.07, 6.45) is 3.50. The average Bonchev–Trinajstić information content (AvgIpc) is 3.21. The third-order valence-electron chi connectivity index (χ3n) is 5.19. The summed E-state index contributed by atoms with van der Waals surface area (Å²) in [4.78, 5) is 28.8. The van der Waals surface area contributed by atoms with Gasteiger partial charge in [0.25, 0.3) is 11.8 Å². The number of thiocarbonyl (C=S) groups is 1. The number of carbonyl (C=O) groups excluding carboxylic acids is 2. The molecular formula is C22H20FN3O2S. The first-order valence-electron chi connectivity index (χ1n) is 9.47. The predicted octanol–water partition coefficient (Wildman–Crippen LogP) is 3.57. The Balaban J connectivity index is 1.68. The summed E-state index contributed by atoms with van der Waals surface area (Å²) < 4.78 is 14.6. The van der Waals surface area contributed by atoms with Crippen LogP contribution in [0.3, 0.4) is 0 Å². The van der Waals surface area contributed by atoms with Crippen LogP contribution in [-0.2, 0) is 9.59 Å². The lowest BCUT2D eigenvalue weighted by Gasteiger charge is -2.30. The fraction of sp³-hybridized carbons (Fsp3) is 0.227. The van der Waals surface area contributed by atoms with E-state index in [1.165, 1.54) is 17.0 Å². The standard InChI is InChI=1S/C22H20FN3O2S/c1-14-6-2-3-7-18(14)26-21(28)16(20(27)24-22(26)29)12-15-8-9-19(17(23)13-15)25-10-4-5-11-25/h2-3,6-9,12-13H,4-5,10-11H2,1H3,(H,24,27,29)/b16-12+. The van der Waals surface area contributed by atoms with E-state index in [1.807, 2.05) is 24.0 Å². The lowest BCUT2D eigenvalue weighted by atomic mass is 10.1. The molecule has 0 unspecified atom stereocenters. The van der Waals surface area contributed by atoms with Crippen LogP contribution in [0.5, 0.6) is 0 Å². The van der Waals surface area contributed by atoms with Gasteiger partial charge < -0.3 is 4.90 Å². The lowest BCUT2D eigenvalue weighted by Crippen LogP contribution is -2.54. The Morgan fingerprint density at radius 3 is 2.48 bits per heavy atom. The van der Waals surface area contributed by atoms with Crippen LogP contribution in [0.1, 0.15) is 24.0 Å². The molecule has 1 N–H and O–H groups in total. The Bertz CT molecular complexity index is 1040. The first kappa shape index (κ1) is 19.3. The van der Waals surface area contributed by atoms with Gasteiger partial charge in [0.1, 0.15) is 11.4 Å². The molecule has 2 aromatic carbocycles. The van der Waals surface area contributed by atoms with E-state index in [0.29, 0.717) is 16.9 Å². The van der Waals surface area contributed by atoms with Crippen molar-refractivity contribution in [2.75, 3.05) is 22.9 Å². The first-order chi connectivity index (χ1) is 14.0. The molecular weight excluding hydrogens is 389 g/mol. The maximum atomic E-state index is 14.6. The summed E-state index contributed by atoms with van der Waals surface area (Å²) in [6, 6.07) is 12.0. The third-order valence-corrected chi connectivity index (χ3v) is 5.47. The van der Waals surface area contributed by atoms with Gasteiger partial charge in [-0.3, -0.25) is 19.8 Å². The van der Waals surface area contributed by atoms with Gasteiger partial charge in [-0.05, 0) is 67.4 Å². The van der Waals surface area contributed by atoms with Gasteiger partial charge in [-0.2, -0.15) is 0 Å². The van der Waals surface area contributed by atoms with Crippen molar-refractivity contribution in [1.82, 2.24) is 5.32 Å². The molecule has 0 saturated carbocycles. The Kier molecular flexibility index (Phi) is 5.15. The Morgan fingerprint density at radius 1 is 1.07 bits per heavy atom. The second-order valence-electron chi connectivity index (χ2n) is 7.15. The van der Waals surface area contributed by atoms with E-state index in [1.54, 1.807) is 24.3 Å². The summed E-state index contributed by atoms with van der Waals surface area (Å²) in [7, 11) is 0. The topological polar surface area (TPSA) is 52.7 Å². The van der Waals surface area contributed by atoms with Gasteiger partial charge in [-0.25, -0.2) is 4.39 Å². The molecule has 4 rings (SSSR count). The maximum absolute atomic E-state index is 14.6. The van der Waals surface area contributed by atoms with Crippen LogP contribution in [0.15, 0.2) is 48.0 Å². The largest absolute Gasteiger partial charge is 0.369 e. The van der Waals surface area contributed by atoms with Crippen LogP contribution in [0.4, 0.5) is 15.8 Å². The van der Waals surface area contributed by atoms with Crippen molar-refractivity contribution in [3.63, 3.8) is 0 Å². The van der Waals surface area contributed by atoms with E-state index in [2.05, 4.69) is 5.32 Å². The first-order valence-corrected chi connectivity index (χ1v) is 9.88. The fourth-order valence-corrected chi connectivity index (χ4v) is 3.96. The highest BCUT2D eigenvalue weighted by molar-refractivity contribution is 7.80. The molecule has 148 valence electrons. The molecule has 2 aliphatic rings. The molecule has 0 bridgehead atoms. The molecule has 2 amide bonds. The molecule has 2 heterocycles. The minimum atomic E-state index is -0.589. The molecule has 0 spiro atoms. The molecule has 2 saturated heterocycles. The number of halogens is 1. The van der Waals surface area contributed by atoms with Crippen molar-refractivity contribution >= 4 is 46.6 Å². The van der Waals surface area contributed by atoms with Crippen molar-refractivity contribution in [3.05, 3.63) is 65.0 Å². The Morgan fingerprint density at radius 2 is 1.79 bits per heavy atom. The van der Waals surface area contributed by atoms with Gasteiger partial charge in [-0.15, -0.1) is 0 Å². The minimum Gasteiger partial charge on any atom is -0.369 e. The van der Waals surface area contributed by atoms with Crippen LogP contribution in [0.2, 0.25) is 0 Å². The van der Waals surface area contributed by atoms with Crippen molar-refractivity contribution in [3.8, 4) is 0 Å². The molecule has 7 heteroatoms. The van der Waals surface area contributed by atoms with Gasteiger partial charge in [0.2, 0.25) is 0 Å². The number of amides is 2. The summed E-state index contributed by atoms with van der Waals surface area (Å²) in [5.41, 5.74) is 2.35. The molecule has 0 aromatic heterocycles. The van der Waals surface area contributed by atoms with Gasteiger partial charge in [0, 0.05) is 13.1 Å². The van der Waals surface area contributed by atoms with Crippen LogP contribution in [0.25, 0.3) is 6.08 Å². The molecule has 2 fully saturated rings. The number of para-hydroxylation sites is 1. The number of carbonyl (C=O) groups is 2. The molecule has 29 heavy (non-hydrogen) atoms. The van der Waals surface area contributed by atoms with Gasteiger partial charge in [-0.1, -0.05) is 24.3 Å². The number of benzene rings is 2. The van der Waals surface area contributed by atoms with Crippen molar-refractivity contribution in [2.24, 2.45) is 0 Å². The second-order valence-corrected chi connectivity index (χ2v) is 7.54. The highest BCUT2D eigenvalue weighted by Crippen LogP contribution is 2.27. The molecule has 0 radical (unpaired) electrons. The number of nitrogens with one attached hydrogen (secondary N) is 1. The van der Waals surface area contributed by atoms with E-state index < -0.39 is 11.8 Å². The fourth-order valence-electron chi connectivity index (χ4n) is 3.68. The maximum Gasteiger partial charge on any atom is 0.270 e. The molecule has 0 atom stereocenters.